The molecule has 2 heterocycles. The van der Waals surface area contributed by atoms with Gasteiger partial charge < -0.3 is 5.32 Å². The summed E-state index contributed by atoms with van der Waals surface area (Å²) in [5, 5.41) is 3.27. The second-order valence-corrected chi connectivity index (χ2v) is 7.15. The molecule has 0 spiro atoms. The molecule has 2 aliphatic rings. The fraction of sp³-hybridized carbons (Fsp3) is 0.684. The lowest BCUT2D eigenvalue weighted by molar-refractivity contribution is -0.123. The van der Waals surface area contributed by atoms with Crippen LogP contribution in [0.2, 0.25) is 0 Å². The van der Waals surface area contributed by atoms with Crippen molar-refractivity contribution in [2.45, 2.75) is 64.0 Å². The second kappa shape index (κ2) is 8.44. The third kappa shape index (κ3) is 5.31. The van der Waals surface area contributed by atoms with Gasteiger partial charge in [-0.25, -0.2) is 0 Å². The maximum atomic E-state index is 12.2. The summed E-state index contributed by atoms with van der Waals surface area (Å²) in [6.45, 7) is 3.01. The van der Waals surface area contributed by atoms with Crippen molar-refractivity contribution in [2.75, 3.05) is 13.1 Å². The summed E-state index contributed by atoms with van der Waals surface area (Å²) < 4.78 is 0. The van der Waals surface area contributed by atoms with Gasteiger partial charge in [0.25, 0.3) is 0 Å². The number of nitrogens with zero attached hydrogens (tertiary/aromatic N) is 2. The minimum atomic E-state index is 0.278. The summed E-state index contributed by atoms with van der Waals surface area (Å²) in [5.74, 6) is 0.910. The molecule has 23 heavy (non-hydrogen) atoms. The van der Waals surface area contributed by atoms with Gasteiger partial charge in [0.15, 0.2) is 0 Å². The molecule has 0 unspecified atom stereocenters. The quantitative estimate of drug-likeness (QED) is 0.908. The average molecular weight is 315 g/mol. The van der Waals surface area contributed by atoms with E-state index in [2.05, 4.69) is 21.3 Å². The van der Waals surface area contributed by atoms with E-state index in [1.54, 1.807) is 0 Å². The van der Waals surface area contributed by atoms with Crippen molar-refractivity contribution < 1.29 is 4.79 Å². The Balaban J connectivity index is 1.36. The highest BCUT2D eigenvalue weighted by molar-refractivity contribution is 5.76. The Morgan fingerprint density at radius 3 is 2.61 bits per heavy atom. The van der Waals surface area contributed by atoms with E-state index in [1.165, 1.54) is 32.1 Å². The summed E-state index contributed by atoms with van der Waals surface area (Å²) in [5.41, 5.74) is 1.13. The maximum absolute atomic E-state index is 12.2. The van der Waals surface area contributed by atoms with Crippen molar-refractivity contribution >= 4 is 5.91 Å². The number of amides is 1. The zero-order chi connectivity index (χ0) is 15.9. The predicted octanol–water partition coefficient (Wildman–Crippen LogP) is 3.13. The van der Waals surface area contributed by atoms with Crippen LogP contribution in [0.3, 0.4) is 0 Å². The number of likely N-dealkylation sites (tertiary alicyclic amines) is 1. The Morgan fingerprint density at radius 1 is 1.13 bits per heavy atom. The molecule has 4 heteroatoms. The standard InChI is InChI=1S/C19H29N3O/c23-19(14-16-6-2-1-3-7-16)21-17-9-12-22(13-10-17)15-18-8-4-5-11-20-18/h4-5,8,11,16-17H,1-3,6-7,9-10,12-15H2,(H,21,23). The zero-order valence-electron chi connectivity index (χ0n) is 14.0. The highest BCUT2D eigenvalue weighted by Gasteiger charge is 2.23. The molecular weight excluding hydrogens is 286 g/mol. The topological polar surface area (TPSA) is 45.2 Å². The van der Waals surface area contributed by atoms with E-state index in [1.807, 2.05) is 18.3 Å². The smallest absolute Gasteiger partial charge is 0.220 e. The summed E-state index contributed by atoms with van der Waals surface area (Å²) in [4.78, 5) is 19.0. The van der Waals surface area contributed by atoms with Crippen molar-refractivity contribution in [3.63, 3.8) is 0 Å². The summed E-state index contributed by atoms with van der Waals surface area (Å²) >= 11 is 0. The van der Waals surface area contributed by atoms with Gasteiger partial charge in [-0.1, -0.05) is 25.3 Å². The van der Waals surface area contributed by atoms with Gasteiger partial charge in [-0.15, -0.1) is 0 Å². The lowest BCUT2D eigenvalue weighted by Gasteiger charge is -2.32. The van der Waals surface area contributed by atoms with Gasteiger partial charge in [0.05, 0.1) is 5.69 Å². The van der Waals surface area contributed by atoms with Crippen LogP contribution in [0.25, 0.3) is 0 Å². The minimum Gasteiger partial charge on any atom is -0.353 e. The van der Waals surface area contributed by atoms with Crippen molar-refractivity contribution in [1.29, 1.82) is 0 Å². The molecule has 126 valence electrons. The molecular formula is C19H29N3O. The van der Waals surface area contributed by atoms with Gasteiger partial charge in [0, 0.05) is 38.3 Å². The Kier molecular flexibility index (Phi) is 6.03. The number of rotatable bonds is 5. The molecule has 1 saturated heterocycles. The first-order valence-corrected chi connectivity index (χ1v) is 9.21. The van der Waals surface area contributed by atoms with Gasteiger partial charge in [-0.3, -0.25) is 14.7 Å². The molecule has 0 atom stereocenters. The Morgan fingerprint density at radius 2 is 1.91 bits per heavy atom. The number of piperidine rings is 1. The number of hydrogen-bond donors (Lipinski definition) is 1. The molecule has 0 bridgehead atoms. The van der Waals surface area contributed by atoms with E-state index in [-0.39, 0.29) is 5.91 Å². The fourth-order valence-electron chi connectivity index (χ4n) is 3.90. The third-order valence-corrected chi connectivity index (χ3v) is 5.26. The van der Waals surface area contributed by atoms with Crippen molar-refractivity contribution in [3.05, 3.63) is 30.1 Å². The first-order chi connectivity index (χ1) is 11.3. The molecule has 1 saturated carbocycles. The van der Waals surface area contributed by atoms with Gasteiger partial charge >= 0.3 is 0 Å². The lowest BCUT2D eigenvalue weighted by Crippen LogP contribution is -2.44. The van der Waals surface area contributed by atoms with Gasteiger partial charge in [-0.2, -0.15) is 0 Å². The van der Waals surface area contributed by atoms with Crippen LogP contribution in [0.1, 0.15) is 57.1 Å². The number of aromatic nitrogens is 1. The first-order valence-electron chi connectivity index (χ1n) is 9.21. The molecule has 0 aromatic carbocycles. The minimum absolute atomic E-state index is 0.278. The number of carbonyl (C=O) groups excluding carboxylic acids is 1. The molecule has 1 N–H and O–H groups in total. The van der Waals surface area contributed by atoms with E-state index >= 15 is 0 Å². The number of pyridine rings is 1. The highest BCUT2D eigenvalue weighted by atomic mass is 16.1. The maximum Gasteiger partial charge on any atom is 0.220 e. The third-order valence-electron chi connectivity index (χ3n) is 5.26. The molecule has 2 fully saturated rings. The molecule has 1 aromatic rings. The van der Waals surface area contributed by atoms with Crippen LogP contribution in [-0.2, 0) is 11.3 Å². The van der Waals surface area contributed by atoms with Crippen molar-refractivity contribution in [3.8, 4) is 0 Å². The van der Waals surface area contributed by atoms with Crippen LogP contribution in [-0.4, -0.2) is 34.9 Å². The molecule has 3 rings (SSSR count). The number of hydrogen-bond acceptors (Lipinski definition) is 3. The molecule has 0 radical (unpaired) electrons. The monoisotopic (exact) mass is 315 g/mol. The van der Waals surface area contributed by atoms with Crippen LogP contribution in [0.15, 0.2) is 24.4 Å². The molecule has 1 aliphatic heterocycles. The zero-order valence-corrected chi connectivity index (χ0v) is 14.0. The number of carbonyl (C=O) groups is 1. The number of nitrogens with one attached hydrogen (secondary N) is 1. The Labute approximate surface area is 139 Å². The molecule has 1 amide bonds. The van der Waals surface area contributed by atoms with Crippen LogP contribution < -0.4 is 5.32 Å². The Bertz CT molecular complexity index is 477. The van der Waals surface area contributed by atoms with Crippen LogP contribution in [0.4, 0.5) is 0 Å². The van der Waals surface area contributed by atoms with Gasteiger partial charge in [-0.05, 0) is 43.7 Å². The van der Waals surface area contributed by atoms with Crippen LogP contribution in [0, 0.1) is 5.92 Å². The summed E-state index contributed by atoms with van der Waals surface area (Å²) in [6, 6.07) is 6.45. The molecule has 4 nitrogen and oxygen atoms in total. The van der Waals surface area contributed by atoms with Crippen LogP contribution >= 0.6 is 0 Å². The normalized spacial score (nSPS) is 21.2. The van der Waals surface area contributed by atoms with Gasteiger partial charge in [0.1, 0.15) is 0 Å². The first kappa shape index (κ1) is 16.4. The lowest BCUT2D eigenvalue weighted by atomic mass is 9.86. The predicted molar refractivity (Wildman–Crippen MR) is 91.9 cm³/mol. The molecule has 1 aliphatic carbocycles. The Hall–Kier alpha value is -1.42. The summed E-state index contributed by atoms with van der Waals surface area (Å²) in [6.07, 6.45) is 11.2. The van der Waals surface area contributed by atoms with E-state index in [9.17, 15) is 4.79 Å². The average Bonchev–Trinajstić information content (AvgIpc) is 2.58. The summed E-state index contributed by atoms with van der Waals surface area (Å²) in [7, 11) is 0. The molecule has 1 aromatic heterocycles. The van der Waals surface area contributed by atoms with Crippen LogP contribution in [0.5, 0.6) is 0 Å². The van der Waals surface area contributed by atoms with E-state index < -0.39 is 0 Å². The SMILES string of the molecule is O=C(CC1CCCCC1)NC1CCN(Cc2ccccn2)CC1. The van der Waals surface area contributed by atoms with Gasteiger partial charge in [0.2, 0.25) is 5.91 Å². The largest absolute Gasteiger partial charge is 0.353 e. The van der Waals surface area contributed by atoms with E-state index in [4.69, 9.17) is 0 Å². The van der Waals surface area contributed by atoms with E-state index in [0.717, 1.165) is 44.6 Å². The van der Waals surface area contributed by atoms with Crippen molar-refractivity contribution in [2.24, 2.45) is 5.92 Å². The highest BCUT2D eigenvalue weighted by Crippen LogP contribution is 2.26. The van der Waals surface area contributed by atoms with E-state index in [0.29, 0.717) is 12.0 Å². The van der Waals surface area contributed by atoms with Crippen molar-refractivity contribution in [1.82, 2.24) is 15.2 Å². The fourth-order valence-corrected chi connectivity index (χ4v) is 3.90. The second-order valence-electron chi connectivity index (χ2n) is 7.15.